The molecule has 0 radical (unpaired) electrons. The highest BCUT2D eigenvalue weighted by Crippen LogP contribution is 2.38. The normalized spacial score (nSPS) is 14.2. The maximum Gasteiger partial charge on any atom is 0.339 e. The topological polar surface area (TPSA) is 75.6 Å². The Bertz CT molecular complexity index is 521. The van der Waals surface area contributed by atoms with Crippen LogP contribution in [-0.2, 0) is 22.4 Å². The van der Waals surface area contributed by atoms with Crippen LogP contribution in [0.3, 0.4) is 0 Å². The summed E-state index contributed by atoms with van der Waals surface area (Å²) in [6.07, 6.45) is 3.74. The first-order chi connectivity index (χ1) is 9.49. The lowest BCUT2D eigenvalue weighted by molar-refractivity contribution is -0.121. The van der Waals surface area contributed by atoms with Crippen molar-refractivity contribution >= 4 is 28.2 Å². The van der Waals surface area contributed by atoms with Gasteiger partial charge in [-0.1, -0.05) is 0 Å². The molecule has 0 bridgehead atoms. The van der Waals surface area contributed by atoms with Gasteiger partial charge in [-0.15, -0.1) is 11.3 Å². The van der Waals surface area contributed by atoms with E-state index in [0.29, 0.717) is 5.00 Å². The van der Waals surface area contributed by atoms with E-state index in [0.717, 1.165) is 36.1 Å². The summed E-state index contributed by atoms with van der Waals surface area (Å²) in [7, 11) is 0. The van der Waals surface area contributed by atoms with Gasteiger partial charge < -0.3 is 15.2 Å². The Morgan fingerprint density at radius 2 is 2.05 bits per heavy atom. The monoisotopic (exact) mass is 297 g/mol. The second kappa shape index (κ2) is 6.37. The highest BCUT2D eigenvalue weighted by Gasteiger charge is 2.25. The lowest BCUT2D eigenvalue weighted by Crippen LogP contribution is -2.21. The number of carbonyl (C=O) groups is 2. The third-order valence-corrected chi connectivity index (χ3v) is 4.39. The van der Waals surface area contributed by atoms with Gasteiger partial charge in [0.1, 0.15) is 11.6 Å². The maximum atomic E-state index is 11.8. The molecule has 0 saturated heterocycles. The van der Waals surface area contributed by atoms with Crippen molar-refractivity contribution < 1.29 is 19.4 Å². The van der Waals surface area contributed by atoms with Crippen LogP contribution in [0.1, 0.15) is 47.5 Å². The molecule has 0 aromatic carbocycles. The molecular formula is C14H19NO4S. The van der Waals surface area contributed by atoms with Crippen LogP contribution in [-0.4, -0.2) is 29.7 Å². The number of amides is 1. The van der Waals surface area contributed by atoms with Crippen molar-refractivity contribution in [3.63, 3.8) is 0 Å². The minimum atomic E-state index is -0.968. The molecule has 5 nitrogen and oxygen atoms in total. The van der Waals surface area contributed by atoms with Gasteiger partial charge in [0.25, 0.3) is 5.91 Å². The van der Waals surface area contributed by atoms with E-state index in [1.54, 1.807) is 0 Å². The summed E-state index contributed by atoms with van der Waals surface area (Å²) in [6, 6.07) is 0. The number of carboxylic acid groups (broad SMARTS) is 1. The molecule has 1 heterocycles. The largest absolute Gasteiger partial charge is 0.478 e. The summed E-state index contributed by atoms with van der Waals surface area (Å²) < 4.78 is 5.22. The molecule has 0 unspecified atom stereocenters. The van der Waals surface area contributed by atoms with Crippen LogP contribution in [0, 0.1) is 0 Å². The van der Waals surface area contributed by atoms with Crippen LogP contribution in [0.4, 0.5) is 5.00 Å². The number of carboxylic acids is 1. The molecule has 1 amide bonds. The third kappa shape index (κ3) is 3.37. The van der Waals surface area contributed by atoms with E-state index in [2.05, 4.69) is 5.32 Å². The van der Waals surface area contributed by atoms with E-state index in [4.69, 9.17) is 4.74 Å². The molecule has 6 heteroatoms. The Balaban J connectivity index is 2.17. The summed E-state index contributed by atoms with van der Waals surface area (Å²) in [6.45, 7) is 3.64. The van der Waals surface area contributed by atoms with Crippen LogP contribution in [0.25, 0.3) is 0 Å². The van der Waals surface area contributed by atoms with Gasteiger partial charge in [-0.2, -0.15) is 0 Å². The van der Waals surface area contributed by atoms with Gasteiger partial charge in [0.05, 0.1) is 11.7 Å². The number of thiophene rings is 1. The lowest BCUT2D eigenvalue weighted by Gasteiger charge is -2.11. The summed E-state index contributed by atoms with van der Waals surface area (Å²) in [5.74, 6) is -1.27. The quantitative estimate of drug-likeness (QED) is 0.876. The van der Waals surface area contributed by atoms with Crippen molar-refractivity contribution in [1.82, 2.24) is 0 Å². The number of ether oxygens (including phenoxy) is 1. The van der Waals surface area contributed by atoms with Gasteiger partial charge in [0, 0.05) is 4.88 Å². The lowest BCUT2D eigenvalue weighted by atomic mass is 9.95. The number of carbonyl (C=O) groups excluding carboxylic acids is 1. The minimum Gasteiger partial charge on any atom is -0.478 e. The Kier molecular flexibility index (Phi) is 4.77. The Hall–Kier alpha value is -1.40. The first-order valence-electron chi connectivity index (χ1n) is 6.78. The number of aryl methyl sites for hydroxylation is 1. The molecule has 0 saturated carbocycles. The molecule has 1 aromatic heterocycles. The first-order valence-corrected chi connectivity index (χ1v) is 7.60. The average molecular weight is 297 g/mol. The van der Waals surface area contributed by atoms with E-state index in [1.165, 1.54) is 11.3 Å². The zero-order valence-corrected chi connectivity index (χ0v) is 12.5. The number of fused-ring (bicyclic) bond motifs is 1. The molecule has 110 valence electrons. The SMILES string of the molecule is CC(C)OCC(=O)Nc1sc2c(c1C(=O)O)CCCC2. The van der Waals surface area contributed by atoms with Crippen molar-refractivity contribution in [3.05, 3.63) is 16.0 Å². The van der Waals surface area contributed by atoms with Gasteiger partial charge in [-0.05, 0) is 45.1 Å². The number of anilines is 1. The van der Waals surface area contributed by atoms with Crippen LogP contribution < -0.4 is 5.32 Å². The van der Waals surface area contributed by atoms with Crippen LogP contribution in [0.5, 0.6) is 0 Å². The fourth-order valence-electron chi connectivity index (χ4n) is 2.29. The van der Waals surface area contributed by atoms with Crippen molar-refractivity contribution in [2.45, 2.75) is 45.6 Å². The third-order valence-electron chi connectivity index (χ3n) is 3.19. The molecular weight excluding hydrogens is 278 g/mol. The van der Waals surface area contributed by atoms with Crippen molar-refractivity contribution in [3.8, 4) is 0 Å². The number of aromatic carboxylic acids is 1. The molecule has 1 aromatic rings. The molecule has 2 N–H and O–H groups in total. The standard InChI is InChI=1S/C14H19NO4S/c1-8(2)19-7-11(16)15-13-12(14(17)18)9-5-3-4-6-10(9)20-13/h8H,3-7H2,1-2H3,(H,15,16)(H,17,18). The average Bonchev–Trinajstić information content (AvgIpc) is 2.74. The van der Waals surface area contributed by atoms with E-state index in [-0.39, 0.29) is 24.2 Å². The van der Waals surface area contributed by atoms with Crippen LogP contribution >= 0.6 is 11.3 Å². The van der Waals surface area contributed by atoms with E-state index in [1.807, 2.05) is 13.8 Å². The number of hydrogen-bond donors (Lipinski definition) is 2. The highest BCUT2D eigenvalue weighted by atomic mass is 32.1. The van der Waals surface area contributed by atoms with Crippen LogP contribution in [0.15, 0.2) is 0 Å². The van der Waals surface area contributed by atoms with Gasteiger partial charge in [-0.3, -0.25) is 4.79 Å². The molecule has 2 rings (SSSR count). The Morgan fingerprint density at radius 1 is 1.35 bits per heavy atom. The number of rotatable bonds is 5. The first kappa shape index (κ1) is 15.0. The molecule has 0 atom stereocenters. The zero-order chi connectivity index (χ0) is 14.7. The fourth-order valence-corrected chi connectivity index (χ4v) is 3.58. The molecule has 0 fully saturated rings. The second-order valence-corrected chi connectivity index (χ2v) is 6.23. The van der Waals surface area contributed by atoms with Crippen molar-refractivity contribution in [2.75, 3.05) is 11.9 Å². The predicted molar refractivity (Wildman–Crippen MR) is 77.6 cm³/mol. The van der Waals surface area contributed by atoms with Crippen LogP contribution in [0.2, 0.25) is 0 Å². The Labute approximate surface area is 121 Å². The van der Waals surface area contributed by atoms with Gasteiger partial charge in [0.15, 0.2) is 0 Å². The molecule has 0 spiro atoms. The molecule has 1 aliphatic rings. The summed E-state index contributed by atoms with van der Waals surface area (Å²) in [5.41, 5.74) is 1.16. The van der Waals surface area contributed by atoms with Gasteiger partial charge >= 0.3 is 5.97 Å². The summed E-state index contributed by atoms with van der Waals surface area (Å²) in [5, 5.41) is 12.5. The zero-order valence-electron chi connectivity index (χ0n) is 11.7. The van der Waals surface area contributed by atoms with E-state index >= 15 is 0 Å². The molecule has 0 aliphatic heterocycles. The maximum absolute atomic E-state index is 11.8. The Morgan fingerprint density at radius 3 is 2.70 bits per heavy atom. The second-order valence-electron chi connectivity index (χ2n) is 5.13. The van der Waals surface area contributed by atoms with Gasteiger partial charge in [0.2, 0.25) is 0 Å². The highest BCUT2D eigenvalue weighted by molar-refractivity contribution is 7.17. The molecule has 20 heavy (non-hydrogen) atoms. The predicted octanol–water partition coefficient (Wildman–Crippen LogP) is 2.69. The van der Waals surface area contributed by atoms with E-state index < -0.39 is 5.97 Å². The fraction of sp³-hybridized carbons (Fsp3) is 0.571. The summed E-state index contributed by atoms with van der Waals surface area (Å²) >= 11 is 1.38. The number of hydrogen-bond acceptors (Lipinski definition) is 4. The molecule has 1 aliphatic carbocycles. The van der Waals surface area contributed by atoms with E-state index in [9.17, 15) is 14.7 Å². The van der Waals surface area contributed by atoms with Gasteiger partial charge in [-0.25, -0.2) is 4.79 Å². The van der Waals surface area contributed by atoms with Crippen molar-refractivity contribution in [2.24, 2.45) is 0 Å². The van der Waals surface area contributed by atoms with Crippen molar-refractivity contribution in [1.29, 1.82) is 0 Å². The summed E-state index contributed by atoms with van der Waals surface area (Å²) in [4.78, 5) is 24.3. The minimum absolute atomic E-state index is 0.0313. The smallest absolute Gasteiger partial charge is 0.339 e. The number of nitrogens with one attached hydrogen (secondary N) is 1.